The largest absolute Gasteiger partial charge is 0.489 e. The molecule has 9 nitrogen and oxygen atoms in total. The van der Waals surface area contributed by atoms with Crippen LogP contribution in [0.25, 0.3) is 6.08 Å². The second-order valence-corrected chi connectivity index (χ2v) is 11.2. The molecular weight excluding hydrogens is 528 g/mol. The predicted molar refractivity (Wildman–Crippen MR) is 151 cm³/mol. The molecule has 1 aliphatic rings. The number of nitrogens with zero attached hydrogens (tertiary/aromatic N) is 2. The number of hydrogen-bond donors (Lipinski definition) is 2. The number of nitrogens with one attached hydrogen (secondary N) is 1. The molecule has 0 unspecified atom stereocenters. The number of ether oxygens (including phenoxy) is 2. The van der Waals surface area contributed by atoms with E-state index in [2.05, 4.69) is 11.8 Å². The number of sulfonamides is 1. The fourth-order valence-corrected chi connectivity index (χ4v) is 5.67. The van der Waals surface area contributed by atoms with Crippen molar-refractivity contribution >= 4 is 45.2 Å². The molecule has 0 aliphatic carbocycles. The molecule has 3 rings (SSSR count). The maximum absolute atomic E-state index is 13.2. The van der Waals surface area contributed by atoms with Crippen molar-refractivity contribution in [3.8, 4) is 5.75 Å². The zero-order valence-corrected chi connectivity index (χ0v) is 23.3. The Bertz CT molecular complexity index is 1260. The minimum atomic E-state index is -4.09. The van der Waals surface area contributed by atoms with Crippen molar-refractivity contribution < 1.29 is 22.7 Å². The van der Waals surface area contributed by atoms with Gasteiger partial charge in [0.05, 0.1) is 23.9 Å². The smallest absolute Gasteiger partial charge is 0.323 e. The van der Waals surface area contributed by atoms with Crippen molar-refractivity contribution in [3.63, 3.8) is 0 Å². The number of rotatable bonds is 12. The minimum Gasteiger partial charge on any atom is -0.489 e. The summed E-state index contributed by atoms with van der Waals surface area (Å²) in [6.07, 6.45) is 5.20. The summed E-state index contributed by atoms with van der Waals surface area (Å²) in [6.45, 7) is 6.70. The summed E-state index contributed by atoms with van der Waals surface area (Å²) in [7, 11) is -4.09. The third-order valence-electron chi connectivity index (χ3n) is 6.20. The van der Waals surface area contributed by atoms with Crippen molar-refractivity contribution in [2.75, 3.05) is 42.8 Å². The van der Waals surface area contributed by atoms with Gasteiger partial charge in [-0.3, -0.25) is 14.5 Å². The van der Waals surface area contributed by atoms with E-state index in [1.807, 2.05) is 6.07 Å². The molecule has 1 aliphatic heterocycles. The fraction of sp³-hybridized carbons (Fsp3) is 0.407. The first-order valence-corrected chi connectivity index (χ1v) is 14.6. The molecule has 0 amide bonds. The third kappa shape index (κ3) is 8.21. The van der Waals surface area contributed by atoms with E-state index >= 15 is 0 Å². The van der Waals surface area contributed by atoms with Gasteiger partial charge in [-0.1, -0.05) is 48.9 Å². The quantitative estimate of drug-likeness (QED) is 0.228. The van der Waals surface area contributed by atoms with Gasteiger partial charge in [-0.05, 0) is 56.1 Å². The summed E-state index contributed by atoms with van der Waals surface area (Å²) < 4.78 is 38.6. The van der Waals surface area contributed by atoms with E-state index in [0.29, 0.717) is 17.0 Å². The van der Waals surface area contributed by atoms with Crippen LogP contribution in [0.4, 0.5) is 5.69 Å². The minimum absolute atomic E-state index is 0.0403. The molecule has 1 fully saturated rings. The zero-order chi connectivity index (χ0) is 27.7. The van der Waals surface area contributed by atoms with E-state index in [1.54, 1.807) is 49.4 Å². The highest BCUT2D eigenvalue weighted by atomic mass is 35.5. The van der Waals surface area contributed by atoms with Gasteiger partial charge in [0.2, 0.25) is 10.0 Å². The van der Waals surface area contributed by atoms with E-state index in [0.717, 1.165) is 42.3 Å². The number of anilines is 1. The van der Waals surface area contributed by atoms with E-state index < -0.39 is 21.7 Å². The van der Waals surface area contributed by atoms with Crippen molar-refractivity contribution in [2.24, 2.45) is 5.73 Å². The lowest BCUT2D eigenvalue weighted by Gasteiger charge is -2.31. The van der Waals surface area contributed by atoms with Gasteiger partial charge < -0.3 is 20.1 Å². The number of benzene rings is 2. The SMILES string of the molecule is CCOC(=O)CS(=O)(=O)N(C/C=C/c1cccc(C(=N)N)c1)c1ccc(OC2CCN(CC)CC2)c(Cl)c1. The Kier molecular flexibility index (Phi) is 10.6. The average molecular weight is 563 g/mol. The zero-order valence-electron chi connectivity index (χ0n) is 21.7. The van der Waals surface area contributed by atoms with Crippen LogP contribution in [0.2, 0.25) is 5.02 Å². The van der Waals surface area contributed by atoms with Gasteiger partial charge in [-0.2, -0.15) is 0 Å². The van der Waals surface area contributed by atoms with E-state index in [1.165, 1.54) is 6.07 Å². The van der Waals surface area contributed by atoms with Gasteiger partial charge in [0.1, 0.15) is 17.7 Å². The highest BCUT2D eigenvalue weighted by molar-refractivity contribution is 7.93. The second-order valence-electron chi connectivity index (χ2n) is 8.90. The Morgan fingerprint density at radius 1 is 1.21 bits per heavy atom. The average Bonchev–Trinajstić information content (AvgIpc) is 2.88. The Hall–Kier alpha value is -3.08. The molecule has 38 heavy (non-hydrogen) atoms. The summed E-state index contributed by atoms with van der Waals surface area (Å²) in [5.41, 5.74) is 7.17. The normalized spacial score (nSPS) is 14.9. The molecule has 1 heterocycles. The monoisotopic (exact) mass is 562 g/mol. The lowest BCUT2D eigenvalue weighted by atomic mass is 10.1. The predicted octanol–water partition coefficient (Wildman–Crippen LogP) is 3.90. The van der Waals surface area contributed by atoms with Crippen LogP contribution in [0.15, 0.2) is 48.5 Å². The van der Waals surface area contributed by atoms with Crippen LogP contribution >= 0.6 is 11.6 Å². The Labute approximate surface area is 229 Å². The number of piperidine rings is 1. The van der Waals surface area contributed by atoms with Crippen LogP contribution in [-0.4, -0.2) is 69.8 Å². The summed E-state index contributed by atoms with van der Waals surface area (Å²) in [5.74, 6) is -1.21. The van der Waals surface area contributed by atoms with Crippen LogP contribution in [0, 0.1) is 5.41 Å². The number of halogens is 1. The molecule has 2 aromatic carbocycles. The summed E-state index contributed by atoms with van der Waals surface area (Å²) >= 11 is 6.53. The van der Waals surface area contributed by atoms with Crippen LogP contribution in [0.5, 0.6) is 5.75 Å². The van der Waals surface area contributed by atoms with Gasteiger partial charge in [-0.25, -0.2) is 8.42 Å². The van der Waals surface area contributed by atoms with Gasteiger partial charge in [0.25, 0.3) is 0 Å². The number of nitrogens with two attached hydrogens (primary N) is 1. The van der Waals surface area contributed by atoms with Crippen molar-refractivity contribution in [3.05, 3.63) is 64.7 Å². The number of nitrogen functional groups attached to an aromatic ring is 1. The molecule has 2 aromatic rings. The lowest BCUT2D eigenvalue weighted by molar-refractivity contribution is -0.139. The van der Waals surface area contributed by atoms with Crippen LogP contribution in [-0.2, 0) is 19.6 Å². The number of amidine groups is 1. The summed E-state index contributed by atoms with van der Waals surface area (Å²) in [4.78, 5) is 14.4. The molecule has 0 saturated carbocycles. The van der Waals surface area contributed by atoms with E-state index in [-0.39, 0.29) is 30.1 Å². The van der Waals surface area contributed by atoms with Crippen molar-refractivity contribution in [2.45, 2.75) is 32.8 Å². The highest BCUT2D eigenvalue weighted by Crippen LogP contribution is 2.32. The molecule has 206 valence electrons. The number of carbonyl (C=O) groups excluding carboxylic acids is 1. The maximum Gasteiger partial charge on any atom is 0.323 e. The number of likely N-dealkylation sites (tertiary alicyclic amines) is 1. The van der Waals surface area contributed by atoms with Gasteiger partial charge in [0, 0.05) is 18.7 Å². The van der Waals surface area contributed by atoms with Crippen molar-refractivity contribution in [1.82, 2.24) is 4.90 Å². The maximum atomic E-state index is 13.2. The third-order valence-corrected chi connectivity index (χ3v) is 8.13. The first-order valence-electron chi connectivity index (χ1n) is 12.6. The van der Waals surface area contributed by atoms with Crippen LogP contribution in [0.3, 0.4) is 0 Å². The molecule has 0 spiro atoms. The molecule has 0 aromatic heterocycles. The fourth-order valence-electron chi connectivity index (χ4n) is 4.17. The first-order chi connectivity index (χ1) is 18.1. The number of esters is 1. The molecule has 3 N–H and O–H groups in total. The van der Waals surface area contributed by atoms with Gasteiger partial charge >= 0.3 is 5.97 Å². The second kappa shape index (κ2) is 13.6. The molecule has 0 atom stereocenters. The Balaban J connectivity index is 1.82. The molecule has 0 radical (unpaired) electrons. The van der Waals surface area contributed by atoms with E-state index in [4.69, 9.17) is 32.2 Å². The van der Waals surface area contributed by atoms with Gasteiger partial charge in [-0.15, -0.1) is 0 Å². The number of hydrogen-bond acceptors (Lipinski definition) is 7. The first kappa shape index (κ1) is 29.5. The van der Waals surface area contributed by atoms with Crippen molar-refractivity contribution in [1.29, 1.82) is 5.41 Å². The van der Waals surface area contributed by atoms with Crippen LogP contribution in [0.1, 0.15) is 37.8 Å². The highest BCUT2D eigenvalue weighted by Gasteiger charge is 2.27. The van der Waals surface area contributed by atoms with Crippen LogP contribution < -0.4 is 14.8 Å². The molecule has 0 bridgehead atoms. The number of carbonyl (C=O) groups is 1. The Morgan fingerprint density at radius 3 is 2.58 bits per heavy atom. The molecule has 11 heteroatoms. The lowest BCUT2D eigenvalue weighted by Crippen LogP contribution is -2.38. The molecule has 1 saturated heterocycles. The summed E-state index contributed by atoms with van der Waals surface area (Å²) in [6, 6.07) is 11.8. The van der Waals surface area contributed by atoms with Gasteiger partial charge in [0.15, 0.2) is 5.75 Å². The Morgan fingerprint density at radius 2 is 1.95 bits per heavy atom. The standard InChI is InChI=1S/C27H35ClN4O5S/c1-3-31-15-12-23(13-16-31)37-25-11-10-22(18-24(25)28)32(38(34,35)19-26(33)36-4-2)14-6-8-20-7-5-9-21(17-20)27(29)30/h5-11,17-18,23H,3-4,12-16,19H2,1-2H3,(H3,29,30)/b8-6+. The molecular formula is C27H35ClN4O5S. The topological polar surface area (TPSA) is 126 Å². The summed E-state index contributed by atoms with van der Waals surface area (Å²) in [5, 5.41) is 7.89. The van der Waals surface area contributed by atoms with E-state index in [9.17, 15) is 13.2 Å².